The Morgan fingerprint density at radius 3 is 2.74 bits per heavy atom. The molecule has 0 aliphatic rings. The zero-order chi connectivity index (χ0) is 16.4. The Balaban J connectivity index is 1.99. The van der Waals surface area contributed by atoms with Crippen LogP contribution in [0.3, 0.4) is 0 Å². The molecule has 0 aliphatic carbocycles. The number of imidazole rings is 1. The van der Waals surface area contributed by atoms with Crippen LogP contribution in [0.15, 0.2) is 41.3 Å². The van der Waals surface area contributed by atoms with Crippen molar-refractivity contribution in [1.82, 2.24) is 24.6 Å². The summed E-state index contributed by atoms with van der Waals surface area (Å²) in [7, 11) is 3.61. The van der Waals surface area contributed by atoms with E-state index in [1.807, 2.05) is 37.3 Å². The van der Waals surface area contributed by atoms with E-state index < -0.39 is 0 Å². The van der Waals surface area contributed by atoms with Crippen molar-refractivity contribution in [3.05, 3.63) is 47.0 Å². The number of hydroxylamine groups is 2. The lowest BCUT2D eigenvalue weighted by Gasteiger charge is -2.16. The summed E-state index contributed by atoms with van der Waals surface area (Å²) in [5.41, 5.74) is 1.89. The summed E-state index contributed by atoms with van der Waals surface area (Å²) in [6.45, 7) is 2.31. The molecule has 7 nitrogen and oxygen atoms in total. The third-order valence-electron chi connectivity index (χ3n) is 3.52. The molecule has 0 saturated heterocycles. The number of aromatic amines is 1. The summed E-state index contributed by atoms with van der Waals surface area (Å²) in [6.07, 6.45) is 1.68. The number of rotatable bonds is 5. The number of benzene rings is 1. The molecule has 0 bridgehead atoms. The molecular weight excluding hydrogens is 294 g/mol. The molecule has 0 aliphatic heterocycles. The first-order valence-electron chi connectivity index (χ1n) is 7.39. The van der Waals surface area contributed by atoms with E-state index in [1.54, 1.807) is 29.9 Å². The first-order chi connectivity index (χ1) is 11.1. The van der Waals surface area contributed by atoms with E-state index in [4.69, 9.17) is 4.84 Å². The molecule has 23 heavy (non-hydrogen) atoms. The van der Waals surface area contributed by atoms with E-state index in [2.05, 4.69) is 15.0 Å². The van der Waals surface area contributed by atoms with Gasteiger partial charge >= 0.3 is 5.69 Å². The Morgan fingerprint density at radius 1 is 1.30 bits per heavy atom. The highest BCUT2D eigenvalue weighted by Gasteiger charge is 2.16. The maximum atomic E-state index is 12.2. The Hall–Kier alpha value is -2.51. The molecule has 2 heterocycles. The van der Waals surface area contributed by atoms with Gasteiger partial charge in [0.1, 0.15) is 5.52 Å². The van der Waals surface area contributed by atoms with Crippen LogP contribution in [0.25, 0.3) is 22.6 Å². The lowest BCUT2D eigenvalue weighted by Crippen LogP contribution is -2.26. The molecule has 2 aromatic heterocycles. The smallest absolute Gasteiger partial charge is 0.297 e. The fourth-order valence-corrected chi connectivity index (χ4v) is 2.41. The van der Waals surface area contributed by atoms with E-state index >= 15 is 0 Å². The van der Waals surface area contributed by atoms with Crippen LogP contribution < -0.4 is 5.69 Å². The van der Waals surface area contributed by atoms with Gasteiger partial charge in [0.2, 0.25) is 0 Å². The van der Waals surface area contributed by atoms with Gasteiger partial charge in [-0.05, 0) is 6.92 Å². The first kappa shape index (κ1) is 15.4. The molecule has 1 atom stereocenters. The highest BCUT2D eigenvalue weighted by molar-refractivity contribution is 5.72. The summed E-state index contributed by atoms with van der Waals surface area (Å²) < 4.78 is 1.62. The molecule has 120 valence electrons. The summed E-state index contributed by atoms with van der Waals surface area (Å²) >= 11 is 0. The van der Waals surface area contributed by atoms with Gasteiger partial charge in [-0.1, -0.05) is 30.3 Å². The molecule has 1 N–H and O–H groups in total. The summed E-state index contributed by atoms with van der Waals surface area (Å²) in [5, 5.41) is 1.61. The van der Waals surface area contributed by atoms with Crippen LogP contribution in [0.1, 0.15) is 13.0 Å². The summed E-state index contributed by atoms with van der Waals surface area (Å²) in [5.74, 6) is 0.587. The van der Waals surface area contributed by atoms with Crippen molar-refractivity contribution in [3.8, 4) is 11.4 Å². The number of nitrogens with one attached hydrogen (secondary N) is 1. The van der Waals surface area contributed by atoms with Gasteiger partial charge in [-0.3, -0.25) is 14.4 Å². The zero-order valence-electron chi connectivity index (χ0n) is 13.4. The topological polar surface area (TPSA) is 76.0 Å². The van der Waals surface area contributed by atoms with E-state index in [0.717, 1.165) is 5.56 Å². The number of H-pyrrole nitrogens is 1. The molecule has 0 saturated carbocycles. The van der Waals surface area contributed by atoms with E-state index in [0.29, 0.717) is 23.6 Å². The van der Waals surface area contributed by atoms with Crippen LogP contribution in [-0.2, 0) is 4.84 Å². The molecule has 3 aromatic rings. The zero-order valence-corrected chi connectivity index (χ0v) is 13.4. The Kier molecular flexibility index (Phi) is 4.22. The average molecular weight is 313 g/mol. The molecule has 0 spiro atoms. The van der Waals surface area contributed by atoms with Crippen LogP contribution in [0.4, 0.5) is 0 Å². The largest absolute Gasteiger partial charge is 0.328 e. The third-order valence-corrected chi connectivity index (χ3v) is 3.52. The van der Waals surface area contributed by atoms with Crippen LogP contribution in [0.5, 0.6) is 0 Å². The highest BCUT2D eigenvalue weighted by atomic mass is 16.7. The second-order valence-corrected chi connectivity index (χ2v) is 5.55. The molecule has 0 fully saturated rings. The van der Waals surface area contributed by atoms with Crippen LogP contribution in [0.2, 0.25) is 0 Å². The monoisotopic (exact) mass is 313 g/mol. The Labute approximate surface area is 133 Å². The summed E-state index contributed by atoms with van der Waals surface area (Å²) in [4.78, 5) is 29.3. The molecular formula is C16H19N5O2. The van der Waals surface area contributed by atoms with Gasteiger partial charge in [0.05, 0.1) is 18.8 Å². The van der Waals surface area contributed by atoms with E-state index in [9.17, 15) is 4.79 Å². The predicted octanol–water partition coefficient (Wildman–Crippen LogP) is 1.84. The van der Waals surface area contributed by atoms with E-state index in [1.165, 1.54) is 0 Å². The number of aromatic nitrogens is 4. The van der Waals surface area contributed by atoms with Gasteiger partial charge in [-0.15, -0.1) is 0 Å². The van der Waals surface area contributed by atoms with Crippen molar-refractivity contribution in [2.24, 2.45) is 0 Å². The predicted molar refractivity (Wildman–Crippen MR) is 87.9 cm³/mol. The minimum absolute atomic E-state index is 0.134. The number of hydrogen-bond donors (Lipinski definition) is 1. The minimum atomic E-state index is -0.214. The van der Waals surface area contributed by atoms with Gasteiger partial charge in [-0.25, -0.2) is 14.8 Å². The van der Waals surface area contributed by atoms with Crippen LogP contribution in [0, 0.1) is 0 Å². The second kappa shape index (κ2) is 6.31. The van der Waals surface area contributed by atoms with Crippen molar-refractivity contribution >= 4 is 11.2 Å². The van der Waals surface area contributed by atoms with Gasteiger partial charge in [0.15, 0.2) is 11.5 Å². The van der Waals surface area contributed by atoms with E-state index in [-0.39, 0.29) is 11.7 Å². The van der Waals surface area contributed by atoms with Crippen molar-refractivity contribution in [3.63, 3.8) is 0 Å². The molecule has 0 amide bonds. The standard InChI is InChI=1S/C16H19N5O2/c1-11(10-23-20(2)3)21-13-9-17-14(12-7-5-4-6-8-12)18-15(13)19-16(21)22/h4-9,11H,10H2,1-3H3,(H,17,18,19,22). The van der Waals surface area contributed by atoms with Crippen molar-refractivity contribution in [2.75, 3.05) is 20.7 Å². The van der Waals surface area contributed by atoms with Gasteiger partial charge in [0, 0.05) is 19.7 Å². The average Bonchev–Trinajstić information content (AvgIpc) is 2.88. The fraction of sp³-hybridized carbons (Fsp3) is 0.312. The second-order valence-electron chi connectivity index (χ2n) is 5.55. The SMILES string of the molecule is CC(CON(C)C)n1c(=O)[nH]c2nc(-c3ccccc3)ncc21. The number of fused-ring (bicyclic) bond motifs is 1. The highest BCUT2D eigenvalue weighted by Crippen LogP contribution is 2.18. The van der Waals surface area contributed by atoms with Crippen LogP contribution >= 0.6 is 0 Å². The van der Waals surface area contributed by atoms with Gasteiger partial charge in [-0.2, -0.15) is 5.06 Å². The Morgan fingerprint density at radius 2 is 2.04 bits per heavy atom. The molecule has 3 rings (SSSR count). The van der Waals surface area contributed by atoms with Crippen molar-refractivity contribution < 1.29 is 4.84 Å². The fourth-order valence-electron chi connectivity index (χ4n) is 2.41. The van der Waals surface area contributed by atoms with Crippen molar-refractivity contribution in [1.29, 1.82) is 0 Å². The maximum Gasteiger partial charge on any atom is 0.328 e. The number of nitrogens with zero attached hydrogens (tertiary/aromatic N) is 4. The van der Waals surface area contributed by atoms with Crippen molar-refractivity contribution in [2.45, 2.75) is 13.0 Å². The quantitative estimate of drug-likeness (QED) is 0.727. The minimum Gasteiger partial charge on any atom is -0.297 e. The molecule has 0 radical (unpaired) electrons. The normalized spacial score (nSPS) is 12.9. The molecule has 7 heteroatoms. The third kappa shape index (κ3) is 3.15. The maximum absolute atomic E-state index is 12.2. The summed E-state index contributed by atoms with van der Waals surface area (Å²) in [6, 6.07) is 9.53. The molecule has 1 aromatic carbocycles. The first-order valence-corrected chi connectivity index (χ1v) is 7.39. The lowest BCUT2D eigenvalue weighted by atomic mass is 10.2. The lowest BCUT2D eigenvalue weighted by molar-refractivity contribution is -0.128. The van der Waals surface area contributed by atoms with Gasteiger partial charge in [0.25, 0.3) is 0 Å². The number of hydrogen-bond acceptors (Lipinski definition) is 5. The van der Waals surface area contributed by atoms with Gasteiger partial charge < -0.3 is 0 Å². The molecule has 1 unspecified atom stereocenters. The Bertz CT molecular complexity index is 854. The van der Waals surface area contributed by atoms with Crippen LogP contribution in [-0.4, -0.2) is 45.3 Å².